The molecule has 33 heavy (non-hydrogen) atoms. The zero-order chi connectivity index (χ0) is 22.9. The van der Waals surface area contributed by atoms with Gasteiger partial charge in [-0.15, -0.1) is 21.5 Å². The molecule has 0 unspecified atom stereocenters. The summed E-state index contributed by atoms with van der Waals surface area (Å²) >= 11 is 2.91. The summed E-state index contributed by atoms with van der Waals surface area (Å²) in [4.78, 5) is 18.7. The van der Waals surface area contributed by atoms with Gasteiger partial charge >= 0.3 is 0 Å². The monoisotopic (exact) mass is 474 g/mol. The summed E-state index contributed by atoms with van der Waals surface area (Å²) in [5.74, 6) is 1.54. The molecule has 2 aromatic carbocycles. The standard InChI is InChI=1S/C25H22N4O2S2/c1-15-9-10-18(11-16(15)2)19-13-32-23-22(19)24(30)29(3)25(26-23)33-14-21-28-27-20(31-21)12-17-7-5-4-6-8-17/h4-11,13H,12,14H2,1-3H3. The molecule has 5 aromatic rings. The van der Waals surface area contributed by atoms with Gasteiger partial charge in [0.05, 0.1) is 17.6 Å². The van der Waals surface area contributed by atoms with E-state index in [2.05, 4.69) is 42.2 Å². The molecule has 0 fully saturated rings. The average molecular weight is 475 g/mol. The highest BCUT2D eigenvalue weighted by atomic mass is 32.2. The SMILES string of the molecule is Cc1ccc(-c2csc3nc(SCc4nnc(Cc5ccccc5)o4)n(C)c(=O)c23)cc1C. The first-order valence-electron chi connectivity index (χ1n) is 10.5. The highest BCUT2D eigenvalue weighted by molar-refractivity contribution is 7.98. The number of thioether (sulfide) groups is 1. The Bertz CT molecular complexity index is 1500. The Labute approximate surface area is 199 Å². The Morgan fingerprint density at radius 2 is 1.82 bits per heavy atom. The second-order valence-electron chi connectivity index (χ2n) is 7.93. The molecular weight excluding hydrogens is 452 g/mol. The van der Waals surface area contributed by atoms with Gasteiger partial charge in [-0.1, -0.05) is 60.3 Å². The van der Waals surface area contributed by atoms with Crippen molar-refractivity contribution < 1.29 is 4.42 Å². The van der Waals surface area contributed by atoms with Crippen LogP contribution < -0.4 is 5.56 Å². The molecule has 0 aliphatic carbocycles. The number of rotatable bonds is 6. The maximum Gasteiger partial charge on any atom is 0.263 e. The highest BCUT2D eigenvalue weighted by Gasteiger charge is 2.17. The predicted octanol–water partition coefficient (Wildman–Crippen LogP) is 5.54. The first-order valence-corrected chi connectivity index (χ1v) is 12.4. The molecule has 3 heterocycles. The summed E-state index contributed by atoms with van der Waals surface area (Å²) < 4.78 is 7.40. The summed E-state index contributed by atoms with van der Waals surface area (Å²) in [7, 11) is 1.76. The van der Waals surface area contributed by atoms with E-state index in [9.17, 15) is 4.79 Å². The minimum Gasteiger partial charge on any atom is -0.424 e. The number of aromatic nitrogens is 4. The molecule has 0 atom stereocenters. The normalized spacial score (nSPS) is 11.4. The van der Waals surface area contributed by atoms with Gasteiger partial charge in [-0.25, -0.2) is 4.98 Å². The van der Waals surface area contributed by atoms with Crippen molar-refractivity contribution in [1.29, 1.82) is 0 Å². The molecule has 5 rings (SSSR count). The van der Waals surface area contributed by atoms with Crippen LogP contribution in [-0.4, -0.2) is 19.7 Å². The molecule has 0 aliphatic rings. The summed E-state index contributed by atoms with van der Waals surface area (Å²) in [6, 6.07) is 16.3. The number of thiophene rings is 1. The average Bonchev–Trinajstić information content (AvgIpc) is 3.45. The summed E-state index contributed by atoms with van der Waals surface area (Å²) in [5.41, 5.74) is 5.48. The second-order valence-corrected chi connectivity index (χ2v) is 9.73. The van der Waals surface area contributed by atoms with Crippen molar-refractivity contribution in [2.75, 3.05) is 0 Å². The molecule has 0 saturated carbocycles. The number of hydrogen-bond donors (Lipinski definition) is 0. The van der Waals surface area contributed by atoms with Gasteiger partial charge in [0, 0.05) is 18.0 Å². The summed E-state index contributed by atoms with van der Waals surface area (Å²) in [5, 5.41) is 11.6. The van der Waals surface area contributed by atoms with E-state index < -0.39 is 0 Å². The van der Waals surface area contributed by atoms with E-state index in [1.165, 1.54) is 34.2 Å². The van der Waals surface area contributed by atoms with E-state index in [0.717, 1.165) is 21.5 Å². The summed E-state index contributed by atoms with van der Waals surface area (Å²) in [6.45, 7) is 4.17. The maximum atomic E-state index is 13.2. The molecule has 0 saturated heterocycles. The van der Waals surface area contributed by atoms with E-state index in [4.69, 9.17) is 9.40 Å². The minimum atomic E-state index is -0.0488. The van der Waals surface area contributed by atoms with Crippen LogP contribution in [0.25, 0.3) is 21.3 Å². The molecule has 0 spiro atoms. The van der Waals surface area contributed by atoms with E-state index in [-0.39, 0.29) is 5.56 Å². The lowest BCUT2D eigenvalue weighted by Gasteiger charge is -2.08. The first-order chi connectivity index (χ1) is 16.0. The second kappa shape index (κ2) is 8.96. The lowest BCUT2D eigenvalue weighted by Crippen LogP contribution is -2.19. The van der Waals surface area contributed by atoms with Crippen LogP contribution in [0.15, 0.2) is 68.3 Å². The molecule has 0 amide bonds. The van der Waals surface area contributed by atoms with Crippen molar-refractivity contribution in [3.63, 3.8) is 0 Å². The zero-order valence-corrected chi connectivity index (χ0v) is 20.2. The fraction of sp³-hybridized carbons (Fsp3) is 0.200. The lowest BCUT2D eigenvalue weighted by atomic mass is 10.0. The number of nitrogens with zero attached hydrogens (tertiary/aromatic N) is 4. The van der Waals surface area contributed by atoms with Crippen LogP contribution in [-0.2, 0) is 19.2 Å². The number of benzene rings is 2. The Morgan fingerprint density at radius 1 is 1.03 bits per heavy atom. The van der Waals surface area contributed by atoms with Crippen molar-refractivity contribution in [2.45, 2.75) is 31.2 Å². The first kappa shape index (κ1) is 21.6. The molecule has 0 bridgehead atoms. The third-order valence-corrected chi connectivity index (χ3v) is 7.51. The van der Waals surface area contributed by atoms with Gasteiger partial charge < -0.3 is 4.42 Å². The Morgan fingerprint density at radius 3 is 2.61 bits per heavy atom. The molecule has 0 radical (unpaired) electrons. The van der Waals surface area contributed by atoms with Crippen LogP contribution in [0.4, 0.5) is 0 Å². The Balaban J connectivity index is 1.38. The fourth-order valence-corrected chi connectivity index (χ4v) is 5.42. The smallest absolute Gasteiger partial charge is 0.263 e. The lowest BCUT2D eigenvalue weighted by molar-refractivity contribution is 0.474. The molecule has 0 aliphatic heterocycles. The van der Waals surface area contributed by atoms with Crippen LogP contribution in [0.2, 0.25) is 0 Å². The third kappa shape index (κ3) is 4.36. The highest BCUT2D eigenvalue weighted by Crippen LogP contribution is 2.33. The van der Waals surface area contributed by atoms with Gasteiger partial charge in [0.1, 0.15) is 4.83 Å². The number of aryl methyl sites for hydroxylation is 2. The van der Waals surface area contributed by atoms with Crippen LogP contribution >= 0.6 is 23.1 Å². The Kier molecular flexibility index (Phi) is 5.86. The molecular formula is C25H22N4O2S2. The molecule has 3 aromatic heterocycles. The topological polar surface area (TPSA) is 73.8 Å². The van der Waals surface area contributed by atoms with Gasteiger partial charge in [0.25, 0.3) is 5.56 Å². The van der Waals surface area contributed by atoms with Crippen molar-refractivity contribution in [3.8, 4) is 11.1 Å². The van der Waals surface area contributed by atoms with Crippen molar-refractivity contribution in [2.24, 2.45) is 7.05 Å². The van der Waals surface area contributed by atoms with Crippen LogP contribution in [0.3, 0.4) is 0 Å². The zero-order valence-electron chi connectivity index (χ0n) is 18.5. The molecule has 166 valence electrons. The minimum absolute atomic E-state index is 0.0488. The molecule has 0 N–H and O–H groups in total. The third-order valence-electron chi connectivity index (χ3n) is 5.62. The van der Waals surface area contributed by atoms with E-state index >= 15 is 0 Å². The number of fused-ring (bicyclic) bond motifs is 1. The van der Waals surface area contributed by atoms with Gasteiger partial charge in [0.15, 0.2) is 5.16 Å². The molecule has 6 nitrogen and oxygen atoms in total. The number of hydrogen-bond acceptors (Lipinski definition) is 7. The van der Waals surface area contributed by atoms with Gasteiger partial charge in [-0.2, -0.15) is 0 Å². The quantitative estimate of drug-likeness (QED) is 0.237. The maximum absolute atomic E-state index is 13.2. The van der Waals surface area contributed by atoms with Crippen molar-refractivity contribution in [1.82, 2.24) is 19.7 Å². The van der Waals surface area contributed by atoms with E-state index in [1.54, 1.807) is 11.6 Å². The van der Waals surface area contributed by atoms with Crippen LogP contribution in [0, 0.1) is 13.8 Å². The van der Waals surface area contributed by atoms with Crippen molar-refractivity contribution >= 4 is 33.3 Å². The van der Waals surface area contributed by atoms with Crippen LogP contribution in [0.1, 0.15) is 28.5 Å². The van der Waals surface area contributed by atoms with Gasteiger partial charge in [0.2, 0.25) is 11.8 Å². The van der Waals surface area contributed by atoms with Crippen LogP contribution in [0.5, 0.6) is 0 Å². The Hall–Kier alpha value is -3.23. The van der Waals surface area contributed by atoms with E-state index in [0.29, 0.717) is 34.5 Å². The largest absolute Gasteiger partial charge is 0.424 e. The fourth-order valence-electron chi connectivity index (χ4n) is 3.62. The summed E-state index contributed by atoms with van der Waals surface area (Å²) in [6.07, 6.45) is 0.595. The van der Waals surface area contributed by atoms with Crippen molar-refractivity contribution in [3.05, 3.63) is 92.7 Å². The predicted molar refractivity (Wildman–Crippen MR) is 133 cm³/mol. The van der Waals surface area contributed by atoms with E-state index in [1.807, 2.05) is 35.7 Å². The van der Waals surface area contributed by atoms with Gasteiger partial charge in [-0.05, 0) is 36.1 Å². The molecule has 8 heteroatoms. The van der Waals surface area contributed by atoms with Gasteiger partial charge in [-0.3, -0.25) is 9.36 Å².